The molecule has 0 saturated heterocycles. The van der Waals surface area contributed by atoms with Crippen LogP contribution >= 0.6 is 0 Å². The first-order valence-electron chi connectivity index (χ1n) is 13.1. The quantitative estimate of drug-likeness (QED) is 0.241. The zero-order valence-electron chi connectivity index (χ0n) is 20.1. The maximum atomic E-state index is 12.2. The molecule has 2 aliphatic carbocycles. The lowest BCUT2D eigenvalue weighted by atomic mass is 9.86. The van der Waals surface area contributed by atoms with E-state index in [9.17, 15) is 14.4 Å². The van der Waals surface area contributed by atoms with Crippen LogP contribution in [0.2, 0.25) is 0 Å². The summed E-state index contributed by atoms with van der Waals surface area (Å²) in [5.74, 6) is 0.351. The van der Waals surface area contributed by atoms with Crippen molar-refractivity contribution in [1.82, 2.24) is 0 Å². The van der Waals surface area contributed by atoms with Crippen molar-refractivity contribution in [1.29, 1.82) is 0 Å². The summed E-state index contributed by atoms with van der Waals surface area (Å²) >= 11 is 0. The highest BCUT2D eigenvalue weighted by molar-refractivity contribution is 5.71. The van der Waals surface area contributed by atoms with Crippen LogP contribution in [0.1, 0.15) is 116 Å². The zero-order chi connectivity index (χ0) is 23.0. The topological polar surface area (TPSA) is 78.9 Å². The first kappa shape index (κ1) is 26.7. The smallest absolute Gasteiger partial charge is 0.306 e. The number of rotatable bonds is 14. The van der Waals surface area contributed by atoms with Gasteiger partial charge in [0.15, 0.2) is 6.10 Å². The Morgan fingerprint density at radius 2 is 1.16 bits per heavy atom. The minimum Gasteiger partial charge on any atom is -0.462 e. The molecule has 0 spiro atoms. The van der Waals surface area contributed by atoms with Gasteiger partial charge in [-0.1, -0.05) is 77.6 Å². The summed E-state index contributed by atoms with van der Waals surface area (Å²) < 4.78 is 16.2. The van der Waals surface area contributed by atoms with Crippen molar-refractivity contribution in [2.24, 2.45) is 11.8 Å². The van der Waals surface area contributed by atoms with Gasteiger partial charge in [-0.05, 0) is 31.1 Å². The van der Waals surface area contributed by atoms with Crippen LogP contribution in [-0.2, 0) is 28.6 Å². The number of unbranched alkanes of at least 4 members (excludes halogenated alkanes) is 1. The molecule has 32 heavy (non-hydrogen) atoms. The molecule has 0 unspecified atom stereocenters. The Hall–Kier alpha value is -1.59. The first-order valence-corrected chi connectivity index (χ1v) is 13.1. The Bertz CT molecular complexity index is 511. The standard InChI is InChI=1S/C26H44O6/c1-2-3-14-26(29)32-23(19-30-24(27)17-15-21-10-6-4-7-11-21)20-31-25(28)18-16-22-12-8-5-9-13-22/h21-23H,2-20H2,1H3. The molecular weight excluding hydrogens is 408 g/mol. The maximum Gasteiger partial charge on any atom is 0.306 e. The summed E-state index contributed by atoms with van der Waals surface area (Å²) in [6.45, 7) is 1.89. The number of hydrogen-bond donors (Lipinski definition) is 0. The highest BCUT2D eigenvalue weighted by Crippen LogP contribution is 2.28. The molecule has 0 amide bonds. The van der Waals surface area contributed by atoms with E-state index in [0.717, 1.165) is 25.7 Å². The molecule has 6 nitrogen and oxygen atoms in total. The Morgan fingerprint density at radius 3 is 1.59 bits per heavy atom. The van der Waals surface area contributed by atoms with Crippen molar-refractivity contribution in [3.63, 3.8) is 0 Å². The highest BCUT2D eigenvalue weighted by atomic mass is 16.6. The molecular formula is C26H44O6. The van der Waals surface area contributed by atoms with E-state index in [1.54, 1.807) is 0 Å². The van der Waals surface area contributed by atoms with Gasteiger partial charge in [0.2, 0.25) is 0 Å². The Morgan fingerprint density at radius 1 is 0.688 bits per heavy atom. The van der Waals surface area contributed by atoms with Crippen LogP contribution in [0.25, 0.3) is 0 Å². The molecule has 0 radical (unpaired) electrons. The van der Waals surface area contributed by atoms with Gasteiger partial charge in [-0.15, -0.1) is 0 Å². The van der Waals surface area contributed by atoms with Gasteiger partial charge >= 0.3 is 17.9 Å². The summed E-state index contributed by atoms with van der Waals surface area (Å²) in [6.07, 6.45) is 16.1. The van der Waals surface area contributed by atoms with E-state index >= 15 is 0 Å². The third-order valence-electron chi connectivity index (χ3n) is 6.86. The lowest BCUT2D eigenvalue weighted by Gasteiger charge is -2.22. The van der Waals surface area contributed by atoms with Crippen molar-refractivity contribution in [2.45, 2.75) is 122 Å². The lowest BCUT2D eigenvalue weighted by Crippen LogP contribution is -2.31. The van der Waals surface area contributed by atoms with Crippen molar-refractivity contribution in [2.75, 3.05) is 13.2 Å². The fourth-order valence-corrected chi connectivity index (χ4v) is 4.79. The van der Waals surface area contributed by atoms with E-state index in [1.807, 2.05) is 6.92 Å². The summed E-state index contributed by atoms with van der Waals surface area (Å²) in [5, 5.41) is 0. The second-order valence-corrected chi connectivity index (χ2v) is 9.67. The second kappa shape index (κ2) is 16.1. The molecule has 2 rings (SSSR count). The molecule has 6 heteroatoms. The molecule has 0 aromatic carbocycles. The number of carbonyl (C=O) groups is 3. The molecule has 0 aromatic heterocycles. The van der Waals surface area contributed by atoms with Gasteiger partial charge in [-0.2, -0.15) is 0 Å². The highest BCUT2D eigenvalue weighted by Gasteiger charge is 2.21. The molecule has 0 heterocycles. The third-order valence-corrected chi connectivity index (χ3v) is 6.86. The van der Waals surface area contributed by atoms with Crippen molar-refractivity contribution >= 4 is 17.9 Å². The van der Waals surface area contributed by atoms with Crippen LogP contribution in [0.3, 0.4) is 0 Å². The van der Waals surface area contributed by atoms with E-state index in [1.165, 1.54) is 64.2 Å². The molecule has 2 saturated carbocycles. The number of carbonyl (C=O) groups excluding carboxylic acids is 3. The van der Waals surface area contributed by atoms with Gasteiger partial charge in [0.05, 0.1) is 0 Å². The molecule has 0 aromatic rings. The zero-order valence-corrected chi connectivity index (χ0v) is 20.1. The van der Waals surface area contributed by atoms with Gasteiger partial charge < -0.3 is 14.2 Å². The van der Waals surface area contributed by atoms with Crippen molar-refractivity contribution in [3.8, 4) is 0 Å². The van der Waals surface area contributed by atoms with Crippen LogP contribution in [0.5, 0.6) is 0 Å². The molecule has 2 fully saturated rings. The number of hydrogen-bond acceptors (Lipinski definition) is 6. The molecule has 0 N–H and O–H groups in total. The van der Waals surface area contributed by atoms with Crippen molar-refractivity contribution in [3.05, 3.63) is 0 Å². The predicted octanol–water partition coefficient (Wildman–Crippen LogP) is 5.90. The number of esters is 3. The molecule has 2 aliphatic rings. The summed E-state index contributed by atoms with van der Waals surface area (Å²) in [7, 11) is 0. The monoisotopic (exact) mass is 452 g/mol. The van der Waals surface area contributed by atoms with Gasteiger partial charge in [0.1, 0.15) is 13.2 Å². The largest absolute Gasteiger partial charge is 0.462 e. The van der Waals surface area contributed by atoms with Gasteiger partial charge in [-0.25, -0.2) is 0 Å². The summed E-state index contributed by atoms with van der Waals surface area (Å²) in [4.78, 5) is 36.4. The maximum absolute atomic E-state index is 12.2. The fourth-order valence-electron chi connectivity index (χ4n) is 4.79. The summed E-state index contributed by atoms with van der Waals surface area (Å²) in [5.41, 5.74) is 0. The van der Waals surface area contributed by atoms with Gasteiger partial charge in [0, 0.05) is 19.3 Å². The van der Waals surface area contributed by atoms with Crippen LogP contribution in [0.15, 0.2) is 0 Å². The SMILES string of the molecule is CCCCC(=O)OC(COC(=O)CCC1CCCCC1)COC(=O)CCC1CCCCC1. The Kier molecular flexibility index (Phi) is 13.4. The minimum atomic E-state index is -0.739. The predicted molar refractivity (Wildman–Crippen MR) is 123 cm³/mol. The lowest BCUT2D eigenvalue weighted by molar-refractivity contribution is -0.167. The second-order valence-electron chi connectivity index (χ2n) is 9.67. The molecule has 184 valence electrons. The molecule has 0 bridgehead atoms. The van der Waals surface area contributed by atoms with Crippen LogP contribution in [-0.4, -0.2) is 37.2 Å². The summed E-state index contributed by atoms with van der Waals surface area (Å²) in [6, 6.07) is 0. The number of ether oxygens (including phenoxy) is 3. The van der Waals surface area contributed by atoms with E-state index in [2.05, 4.69) is 0 Å². The van der Waals surface area contributed by atoms with E-state index in [-0.39, 0.29) is 31.1 Å². The van der Waals surface area contributed by atoms with Crippen LogP contribution in [0, 0.1) is 11.8 Å². The van der Waals surface area contributed by atoms with Crippen LogP contribution in [0.4, 0.5) is 0 Å². The van der Waals surface area contributed by atoms with Crippen LogP contribution < -0.4 is 0 Å². The third kappa shape index (κ3) is 11.9. The van der Waals surface area contributed by atoms with E-state index in [4.69, 9.17) is 14.2 Å². The molecule has 0 atom stereocenters. The average Bonchev–Trinajstić information content (AvgIpc) is 2.83. The molecule has 0 aliphatic heterocycles. The van der Waals surface area contributed by atoms with Gasteiger partial charge in [-0.3, -0.25) is 14.4 Å². The Balaban J connectivity index is 1.70. The first-order chi connectivity index (χ1) is 15.6. The van der Waals surface area contributed by atoms with Gasteiger partial charge in [0.25, 0.3) is 0 Å². The Labute approximate surface area is 194 Å². The fraction of sp³-hybridized carbons (Fsp3) is 0.885. The van der Waals surface area contributed by atoms with Crippen molar-refractivity contribution < 1.29 is 28.6 Å². The van der Waals surface area contributed by atoms with E-state index < -0.39 is 6.10 Å². The normalized spacial score (nSPS) is 17.8. The van der Waals surface area contributed by atoms with E-state index in [0.29, 0.717) is 31.1 Å². The minimum absolute atomic E-state index is 0.0583. The average molecular weight is 453 g/mol.